The minimum atomic E-state index is -0.292. The summed E-state index contributed by atoms with van der Waals surface area (Å²) in [4.78, 5) is 12.2. The predicted molar refractivity (Wildman–Crippen MR) is 79.7 cm³/mol. The topological polar surface area (TPSA) is 64.3 Å². The summed E-state index contributed by atoms with van der Waals surface area (Å²) in [5, 5.41) is 2.76. The molecule has 0 unspecified atom stereocenters. The van der Waals surface area contributed by atoms with Crippen molar-refractivity contribution in [3.63, 3.8) is 0 Å². The van der Waals surface area contributed by atoms with E-state index in [-0.39, 0.29) is 5.91 Å². The number of carbonyl (C=O) groups excluding carboxylic acids is 1. The lowest BCUT2D eigenvalue weighted by Crippen LogP contribution is -2.14. The smallest absolute Gasteiger partial charge is 0.257 e. The number of rotatable bonds is 3. The van der Waals surface area contributed by atoms with Crippen LogP contribution in [0.4, 0.5) is 11.4 Å². The van der Waals surface area contributed by atoms with E-state index in [1.54, 1.807) is 49.6 Å². The molecule has 3 N–H and O–H groups in total. The summed E-state index contributed by atoms with van der Waals surface area (Å²) in [5.41, 5.74) is 7.90. The van der Waals surface area contributed by atoms with Gasteiger partial charge in [-0.05, 0) is 30.3 Å². The third kappa shape index (κ3) is 2.90. The van der Waals surface area contributed by atoms with Gasteiger partial charge < -0.3 is 15.8 Å². The van der Waals surface area contributed by atoms with Crippen molar-refractivity contribution in [2.75, 3.05) is 18.2 Å². The van der Waals surface area contributed by atoms with Gasteiger partial charge in [-0.3, -0.25) is 4.79 Å². The lowest BCUT2D eigenvalue weighted by molar-refractivity contribution is 0.102. The molecule has 0 radical (unpaired) electrons. The van der Waals surface area contributed by atoms with Crippen LogP contribution in [0.25, 0.3) is 0 Å². The first kappa shape index (κ1) is 13.5. The van der Waals surface area contributed by atoms with Crippen LogP contribution in [0.3, 0.4) is 0 Å². The van der Waals surface area contributed by atoms with E-state index in [9.17, 15) is 4.79 Å². The molecule has 0 saturated heterocycles. The summed E-state index contributed by atoms with van der Waals surface area (Å²) in [5.74, 6) is 2.83. The van der Waals surface area contributed by atoms with E-state index in [2.05, 4.69) is 11.2 Å². The Bertz CT molecular complexity index is 687. The van der Waals surface area contributed by atoms with E-state index in [0.29, 0.717) is 28.3 Å². The molecule has 0 saturated carbocycles. The molecule has 0 bridgehead atoms. The number of methoxy groups -OCH3 is 1. The number of terminal acetylenes is 1. The van der Waals surface area contributed by atoms with Crippen molar-refractivity contribution in [1.82, 2.24) is 0 Å². The molecule has 0 aliphatic rings. The third-order valence-electron chi connectivity index (χ3n) is 2.79. The molecular weight excluding hydrogens is 252 g/mol. The van der Waals surface area contributed by atoms with Gasteiger partial charge in [-0.25, -0.2) is 0 Å². The van der Waals surface area contributed by atoms with Gasteiger partial charge in [0.1, 0.15) is 5.75 Å². The Morgan fingerprint density at radius 3 is 2.75 bits per heavy atom. The number of amides is 1. The molecule has 2 aromatic rings. The molecule has 1 amide bonds. The molecule has 20 heavy (non-hydrogen) atoms. The van der Waals surface area contributed by atoms with E-state index in [1.165, 1.54) is 0 Å². The number of nitrogens with one attached hydrogen (secondary N) is 1. The second kappa shape index (κ2) is 5.81. The Labute approximate surface area is 117 Å². The van der Waals surface area contributed by atoms with Gasteiger partial charge in [0.05, 0.1) is 12.7 Å². The van der Waals surface area contributed by atoms with Crippen molar-refractivity contribution >= 4 is 17.3 Å². The minimum absolute atomic E-state index is 0.292. The first-order valence-electron chi connectivity index (χ1n) is 5.95. The SMILES string of the molecule is C#Cc1cccc(NC(=O)c2ccc(OC)cc2N)c1. The quantitative estimate of drug-likeness (QED) is 0.662. The normalized spacial score (nSPS) is 9.60. The van der Waals surface area contributed by atoms with Crippen molar-refractivity contribution in [2.45, 2.75) is 0 Å². The Hall–Kier alpha value is -2.93. The molecule has 0 atom stereocenters. The van der Waals surface area contributed by atoms with Crippen LogP contribution < -0.4 is 15.8 Å². The number of benzene rings is 2. The Balaban J connectivity index is 2.22. The fourth-order valence-electron chi connectivity index (χ4n) is 1.76. The highest BCUT2D eigenvalue weighted by atomic mass is 16.5. The molecule has 4 heteroatoms. The standard InChI is InChI=1S/C16H14N2O2/c1-3-11-5-4-6-12(9-11)18-16(19)14-8-7-13(20-2)10-15(14)17/h1,4-10H,17H2,2H3,(H,18,19). The van der Waals surface area contributed by atoms with E-state index in [0.717, 1.165) is 0 Å². The largest absolute Gasteiger partial charge is 0.497 e. The summed E-state index contributed by atoms with van der Waals surface area (Å²) in [6.45, 7) is 0. The molecule has 0 aliphatic heterocycles. The van der Waals surface area contributed by atoms with Crippen LogP contribution in [0.1, 0.15) is 15.9 Å². The zero-order valence-corrected chi connectivity index (χ0v) is 11.0. The van der Waals surface area contributed by atoms with E-state index in [1.807, 2.05) is 0 Å². The lowest BCUT2D eigenvalue weighted by atomic mass is 10.1. The Morgan fingerprint density at radius 2 is 2.10 bits per heavy atom. The van der Waals surface area contributed by atoms with Gasteiger partial charge in [-0.15, -0.1) is 6.42 Å². The summed E-state index contributed by atoms with van der Waals surface area (Å²) in [7, 11) is 1.54. The number of anilines is 2. The van der Waals surface area contributed by atoms with Crippen LogP contribution >= 0.6 is 0 Å². The molecule has 0 aliphatic carbocycles. The first-order chi connectivity index (χ1) is 9.63. The number of hydrogen-bond donors (Lipinski definition) is 2. The molecule has 0 heterocycles. The van der Waals surface area contributed by atoms with Crippen LogP contribution in [0, 0.1) is 12.3 Å². The second-order valence-electron chi connectivity index (χ2n) is 4.13. The van der Waals surface area contributed by atoms with E-state index < -0.39 is 0 Å². The van der Waals surface area contributed by atoms with Crippen LogP contribution in [-0.4, -0.2) is 13.0 Å². The molecule has 2 rings (SSSR count). The molecule has 4 nitrogen and oxygen atoms in total. The van der Waals surface area contributed by atoms with Crippen molar-refractivity contribution in [1.29, 1.82) is 0 Å². The minimum Gasteiger partial charge on any atom is -0.497 e. The molecule has 0 spiro atoms. The van der Waals surface area contributed by atoms with E-state index >= 15 is 0 Å². The summed E-state index contributed by atoms with van der Waals surface area (Å²) < 4.78 is 5.04. The Morgan fingerprint density at radius 1 is 1.30 bits per heavy atom. The van der Waals surface area contributed by atoms with Crippen molar-refractivity contribution in [2.24, 2.45) is 0 Å². The van der Waals surface area contributed by atoms with Gasteiger partial charge >= 0.3 is 0 Å². The monoisotopic (exact) mass is 266 g/mol. The Kier molecular flexibility index (Phi) is 3.92. The molecule has 0 aromatic heterocycles. The fourth-order valence-corrected chi connectivity index (χ4v) is 1.76. The third-order valence-corrected chi connectivity index (χ3v) is 2.79. The van der Waals surface area contributed by atoms with Gasteiger partial charge in [-0.2, -0.15) is 0 Å². The van der Waals surface area contributed by atoms with Gasteiger partial charge in [0.15, 0.2) is 0 Å². The predicted octanol–water partition coefficient (Wildman–Crippen LogP) is 2.51. The molecular formula is C16H14N2O2. The second-order valence-corrected chi connectivity index (χ2v) is 4.13. The number of ether oxygens (including phenoxy) is 1. The van der Waals surface area contributed by atoms with Gasteiger partial charge in [0, 0.05) is 23.0 Å². The van der Waals surface area contributed by atoms with Crippen LogP contribution in [0.5, 0.6) is 5.75 Å². The maximum Gasteiger partial charge on any atom is 0.257 e. The van der Waals surface area contributed by atoms with Crippen molar-refractivity contribution in [3.05, 3.63) is 53.6 Å². The van der Waals surface area contributed by atoms with Crippen LogP contribution in [0.15, 0.2) is 42.5 Å². The van der Waals surface area contributed by atoms with Gasteiger partial charge in [0.25, 0.3) is 5.91 Å². The fraction of sp³-hybridized carbons (Fsp3) is 0.0625. The zero-order valence-electron chi connectivity index (χ0n) is 11.0. The number of nitrogen functional groups attached to an aromatic ring is 1. The number of nitrogens with two attached hydrogens (primary N) is 1. The molecule has 0 fully saturated rings. The maximum absolute atomic E-state index is 12.2. The first-order valence-corrected chi connectivity index (χ1v) is 5.95. The van der Waals surface area contributed by atoms with Crippen molar-refractivity contribution < 1.29 is 9.53 Å². The number of hydrogen-bond acceptors (Lipinski definition) is 3. The summed E-state index contributed by atoms with van der Waals surface area (Å²) >= 11 is 0. The van der Waals surface area contributed by atoms with Gasteiger partial charge in [-0.1, -0.05) is 12.0 Å². The lowest BCUT2D eigenvalue weighted by Gasteiger charge is -2.09. The van der Waals surface area contributed by atoms with Crippen molar-refractivity contribution in [3.8, 4) is 18.1 Å². The number of carbonyl (C=O) groups is 1. The highest BCUT2D eigenvalue weighted by Crippen LogP contribution is 2.21. The molecule has 2 aromatic carbocycles. The van der Waals surface area contributed by atoms with Crippen LogP contribution in [0.2, 0.25) is 0 Å². The zero-order chi connectivity index (χ0) is 14.5. The van der Waals surface area contributed by atoms with Crippen LogP contribution in [-0.2, 0) is 0 Å². The van der Waals surface area contributed by atoms with Gasteiger partial charge in [0.2, 0.25) is 0 Å². The summed E-state index contributed by atoms with van der Waals surface area (Å²) in [6.07, 6.45) is 5.32. The maximum atomic E-state index is 12.2. The average Bonchev–Trinajstić information content (AvgIpc) is 2.47. The molecule has 100 valence electrons. The van der Waals surface area contributed by atoms with E-state index in [4.69, 9.17) is 16.9 Å². The average molecular weight is 266 g/mol. The summed E-state index contributed by atoms with van der Waals surface area (Å²) in [6, 6.07) is 12.0. The highest BCUT2D eigenvalue weighted by molar-refractivity contribution is 6.07. The highest BCUT2D eigenvalue weighted by Gasteiger charge is 2.10.